The summed E-state index contributed by atoms with van der Waals surface area (Å²) in [6.45, 7) is 10.4. The van der Waals surface area contributed by atoms with E-state index in [4.69, 9.17) is 0 Å². The van der Waals surface area contributed by atoms with Crippen molar-refractivity contribution in [3.05, 3.63) is 143 Å². The maximum absolute atomic E-state index is 14.9. The van der Waals surface area contributed by atoms with Crippen molar-refractivity contribution in [3.63, 3.8) is 0 Å². The fourth-order valence-corrected chi connectivity index (χ4v) is 7.73. The van der Waals surface area contributed by atoms with Crippen LogP contribution in [-0.4, -0.2) is 21.2 Å². The number of carbonyl (C=O) groups is 2. The number of ketones is 1. The minimum Gasteiger partial charge on any atom is -0.347 e. The summed E-state index contributed by atoms with van der Waals surface area (Å²) in [4.78, 5) is 28.0. The Balaban J connectivity index is 1.76. The molecule has 0 bridgehead atoms. The average molecular weight is 637 g/mol. The van der Waals surface area contributed by atoms with Gasteiger partial charge in [-0.2, -0.15) is 0 Å². The molecule has 0 aliphatic carbocycles. The van der Waals surface area contributed by atoms with Crippen molar-refractivity contribution < 1.29 is 9.59 Å². The average Bonchev–Trinajstić information content (AvgIpc) is 3.66. The summed E-state index contributed by atoms with van der Waals surface area (Å²) in [5.41, 5.74) is 6.97. The molecule has 0 spiro atoms. The Bertz CT molecular complexity index is 1880. The van der Waals surface area contributed by atoms with Crippen molar-refractivity contribution in [2.24, 2.45) is 0 Å². The Morgan fingerprint density at radius 3 is 1.44 bits per heavy atom. The van der Waals surface area contributed by atoms with Crippen LogP contribution in [0.15, 0.2) is 109 Å². The second-order valence-corrected chi connectivity index (χ2v) is 13.5. The Labute approximate surface area is 285 Å². The highest BCUT2D eigenvalue weighted by Crippen LogP contribution is 2.52. The third-order valence-corrected chi connectivity index (χ3v) is 10.2. The van der Waals surface area contributed by atoms with Gasteiger partial charge in [0.2, 0.25) is 5.78 Å². The fraction of sp³-hybridized carbons (Fsp3) is 0.318. The first-order valence-electron chi connectivity index (χ1n) is 17.7. The van der Waals surface area contributed by atoms with E-state index in [9.17, 15) is 9.59 Å². The van der Waals surface area contributed by atoms with E-state index < -0.39 is 17.1 Å². The van der Waals surface area contributed by atoms with Crippen LogP contribution in [0, 0.1) is 13.8 Å². The first-order valence-corrected chi connectivity index (χ1v) is 17.7. The number of fused-ring (bicyclic) bond motifs is 2. The van der Waals surface area contributed by atoms with Crippen LogP contribution in [0.2, 0.25) is 0 Å². The minimum absolute atomic E-state index is 0.439. The van der Waals surface area contributed by atoms with Crippen molar-refractivity contribution in [2.45, 2.75) is 90.6 Å². The summed E-state index contributed by atoms with van der Waals surface area (Å²) in [6.07, 6.45) is 11.9. The van der Waals surface area contributed by atoms with Gasteiger partial charge < -0.3 is 9.13 Å². The number of Topliss-reactive ketones (excluding diaryl/α,β-unsaturated/α-hetero) is 1. The molecule has 0 aliphatic heterocycles. The van der Waals surface area contributed by atoms with Gasteiger partial charge in [-0.3, -0.25) is 9.59 Å². The lowest BCUT2D eigenvalue weighted by molar-refractivity contribution is -0.133. The van der Waals surface area contributed by atoms with Crippen LogP contribution >= 0.6 is 0 Å². The Hall–Kier alpha value is -4.70. The maximum Gasteiger partial charge on any atom is 0.211 e. The lowest BCUT2D eigenvalue weighted by atomic mass is 9.59. The lowest BCUT2D eigenvalue weighted by Crippen LogP contribution is -2.44. The fourth-order valence-electron chi connectivity index (χ4n) is 7.73. The zero-order valence-corrected chi connectivity index (χ0v) is 28.9. The molecule has 0 atom stereocenters. The van der Waals surface area contributed by atoms with Crippen LogP contribution in [0.25, 0.3) is 21.8 Å². The molecular formula is C44H48N2O2. The molecule has 48 heavy (non-hydrogen) atoms. The second kappa shape index (κ2) is 14.6. The maximum atomic E-state index is 14.9. The summed E-state index contributed by atoms with van der Waals surface area (Å²) in [5.74, 6) is -0.930. The predicted octanol–water partition coefficient (Wildman–Crippen LogP) is 10.5. The van der Waals surface area contributed by atoms with Gasteiger partial charge in [0.15, 0.2) is 6.29 Å². The van der Waals surface area contributed by atoms with Crippen LogP contribution in [0.3, 0.4) is 0 Å². The number of carbonyl (C=O) groups excluding carboxylic acids is 2. The van der Waals surface area contributed by atoms with Gasteiger partial charge in [0.25, 0.3) is 0 Å². The number of hydrogen-bond donors (Lipinski definition) is 0. The molecular weight excluding hydrogens is 588 g/mol. The highest BCUT2D eigenvalue weighted by Gasteiger charge is 2.51. The van der Waals surface area contributed by atoms with Crippen LogP contribution in [-0.2, 0) is 28.1 Å². The topological polar surface area (TPSA) is 44.0 Å². The third-order valence-electron chi connectivity index (χ3n) is 10.2. The number of aromatic nitrogens is 2. The Kier molecular flexibility index (Phi) is 10.1. The highest BCUT2D eigenvalue weighted by atomic mass is 16.2. The van der Waals surface area contributed by atoms with Gasteiger partial charge in [0, 0.05) is 53.2 Å². The summed E-state index contributed by atoms with van der Waals surface area (Å²) < 4.78 is 4.74. The molecule has 0 radical (unpaired) electrons. The SMILES string of the molecule is CCCCCn1cc(C(c2cn(CCCCC)c3ccccc23)C(C(=O)C=O)(c2ccc(C)cc2)c2ccc(C)cc2)c2ccccc21. The summed E-state index contributed by atoms with van der Waals surface area (Å²) >= 11 is 0. The Morgan fingerprint density at radius 2 is 1.04 bits per heavy atom. The zero-order valence-electron chi connectivity index (χ0n) is 28.9. The standard InChI is InChI=1S/C44H48N2O2/c1-5-7-13-27-45-29-38(36-15-9-11-17-40(36)45)43(39-30-46(28-14-8-6-2)41-18-12-10-16-37(39)41)44(42(48)31-47,34-23-19-32(3)20-24-34)35-25-21-33(4)22-26-35/h9-12,15-26,29-31,43H,5-8,13-14,27-28H2,1-4H3. The number of benzene rings is 4. The van der Waals surface area contributed by atoms with Gasteiger partial charge >= 0.3 is 0 Å². The first kappa shape index (κ1) is 33.2. The number of para-hydroxylation sites is 2. The third kappa shape index (κ3) is 6.05. The van der Waals surface area contributed by atoms with Crippen molar-refractivity contribution in [2.75, 3.05) is 0 Å². The molecule has 0 amide bonds. The molecule has 0 saturated carbocycles. The van der Waals surface area contributed by atoms with Crippen molar-refractivity contribution in [3.8, 4) is 0 Å². The normalized spacial score (nSPS) is 11.9. The molecule has 0 N–H and O–H groups in total. The number of rotatable bonds is 15. The molecule has 0 unspecified atom stereocenters. The number of unbranched alkanes of at least 4 members (excludes halogenated alkanes) is 4. The van der Waals surface area contributed by atoms with E-state index >= 15 is 0 Å². The monoisotopic (exact) mass is 636 g/mol. The quantitative estimate of drug-likeness (QED) is 0.0639. The largest absolute Gasteiger partial charge is 0.347 e. The number of nitrogens with zero attached hydrogens (tertiary/aromatic N) is 2. The number of hydrogen-bond acceptors (Lipinski definition) is 2. The molecule has 4 aromatic carbocycles. The molecule has 6 aromatic rings. The first-order chi connectivity index (χ1) is 23.4. The number of aryl methyl sites for hydroxylation is 4. The molecule has 246 valence electrons. The summed E-state index contributed by atoms with van der Waals surface area (Å²) in [7, 11) is 0. The molecule has 2 heterocycles. The molecule has 6 rings (SSSR count). The number of aldehydes is 1. The van der Waals surface area contributed by atoms with Gasteiger partial charge in [-0.1, -0.05) is 136 Å². The van der Waals surface area contributed by atoms with Gasteiger partial charge in [0.05, 0.1) is 5.41 Å². The van der Waals surface area contributed by atoms with E-state index in [2.05, 4.69) is 146 Å². The van der Waals surface area contributed by atoms with Gasteiger partial charge in [-0.25, -0.2) is 0 Å². The molecule has 0 aliphatic rings. The summed E-state index contributed by atoms with van der Waals surface area (Å²) in [6, 6.07) is 33.6. The molecule has 0 saturated heterocycles. The second-order valence-electron chi connectivity index (χ2n) is 13.5. The van der Waals surface area contributed by atoms with Crippen molar-refractivity contribution >= 4 is 33.9 Å². The van der Waals surface area contributed by atoms with E-state index in [1.165, 1.54) is 0 Å². The molecule has 2 aromatic heterocycles. The highest BCUT2D eigenvalue weighted by molar-refractivity contribution is 6.31. The van der Waals surface area contributed by atoms with Crippen molar-refractivity contribution in [1.29, 1.82) is 0 Å². The summed E-state index contributed by atoms with van der Waals surface area (Å²) in [5, 5.41) is 2.23. The van der Waals surface area contributed by atoms with Crippen LogP contribution in [0.1, 0.15) is 91.7 Å². The van der Waals surface area contributed by atoms with E-state index in [-0.39, 0.29) is 0 Å². The van der Waals surface area contributed by atoms with Gasteiger partial charge in [-0.15, -0.1) is 0 Å². The Morgan fingerprint density at radius 1 is 0.625 bits per heavy atom. The van der Waals surface area contributed by atoms with Crippen molar-refractivity contribution in [1.82, 2.24) is 9.13 Å². The minimum atomic E-state index is -1.32. The predicted molar refractivity (Wildman–Crippen MR) is 199 cm³/mol. The van der Waals surface area contributed by atoms with Crippen LogP contribution < -0.4 is 0 Å². The van der Waals surface area contributed by atoms with Crippen LogP contribution in [0.5, 0.6) is 0 Å². The van der Waals surface area contributed by atoms with E-state index in [1.54, 1.807) is 0 Å². The zero-order chi connectivity index (χ0) is 33.7. The molecule has 4 heteroatoms. The van der Waals surface area contributed by atoms with Gasteiger partial charge in [-0.05, 0) is 61.1 Å². The molecule has 0 fully saturated rings. The van der Waals surface area contributed by atoms with E-state index in [0.29, 0.717) is 6.29 Å². The van der Waals surface area contributed by atoms with E-state index in [0.717, 1.165) is 107 Å². The smallest absolute Gasteiger partial charge is 0.211 e. The lowest BCUT2D eigenvalue weighted by Gasteiger charge is -2.40. The van der Waals surface area contributed by atoms with Gasteiger partial charge in [0.1, 0.15) is 0 Å². The molecule has 4 nitrogen and oxygen atoms in total. The van der Waals surface area contributed by atoms with E-state index in [1.807, 2.05) is 0 Å². The van der Waals surface area contributed by atoms with Crippen LogP contribution in [0.4, 0.5) is 0 Å².